The Morgan fingerprint density at radius 2 is 1.93 bits per heavy atom. The molecule has 0 aliphatic rings. The van der Waals surface area contributed by atoms with Gasteiger partial charge in [-0.1, -0.05) is 42.1 Å². The number of nitrogen functional groups attached to an aromatic ring is 1. The van der Waals surface area contributed by atoms with Crippen LogP contribution in [-0.4, -0.2) is 26.5 Å². The molecule has 146 valence electrons. The van der Waals surface area contributed by atoms with Crippen LogP contribution in [0.3, 0.4) is 0 Å². The number of halogens is 3. The fourth-order valence-corrected chi connectivity index (χ4v) is 3.14. The van der Waals surface area contributed by atoms with E-state index >= 15 is 0 Å². The number of thioether (sulfide) groups is 1. The second-order valence-electron chi connectivity index (χ2n) is 5.91. The number of anilines is 1. The highest BCUT2D eigenvalue weighted by Gasteiger charge is 2.30. The van der Waals surface area contributed by atoms with E-state index in [0.29, 0.717) is 11.0 Å². The lowest BCUT2D eigenvalue weighted by Gasteiger charge is -2.10. The molecular formula is C18H16F3N5OS. The lowest BCUT2D eigenvalue weighted by atomic mass is 10.1. The molecule has 1 heterocycles. The van der Waals surface area contributed by atoms with Gasteiger partial charge in [0.25, 0.3) is 0 Å². The van der Waals surface area contributed by atoms with Gasteiger partial charge in [-0.15, -0.1) is 10.2 Å². The van der Waals surface area contributed by atoms with E-state index in [2.05, 4.69) is 15.5 Å². The molecule has 3 N–H and O–H groups in total. The quantitative estimate of drug-likeness (QED) is 0.497. The average molecular weight is 407 g/mol. The van der Waals surface area contributed by atoms with Crippen molar-refractivity contribution in [2.75, 3.05) is 16.9 Å². The molecule has 10 heteroatoms. The van der Waals surface area contributed by atoms with Gasteiger partial charge < -0.3 is 11.2 Å². The van der Waals surface area contributed by atoms with Crippen LogP contribution in [0.2, 0.25) is 0 Å². The second-order valence-corrected chi connectivity index (χ2v) is 6.85. The molecular weight excluding hydrogens is 391 g/mol. The maximum Gasteiger partial charge on any atom is 0.416 e. The molecule has 0 saturated carbocycles. The number of alkyl halides is 3. The van der Waals surface area contributed by atoms with E-state index in [-0.39, 0.29) is 11.4 Å². The maximum absolute atomic E-state index is 12.7. The van der Waals surface area contributed by atoms with Crippen LogP contribution in [0.4, 0.5) is 18.9 Å². The van der Waals surface area contributed by atoms with Gasteiger partial charge in [-0.25, -0.2) is 4.68 Å². The van der Waals surface area contributed by atoms with Crippen LogP contribution in [-0.2, 0) is 11.0 Å². The molecule has 0 atom stereocenters. The van der Waals surface area contributed by atoms with E-state index in [0.717, 1.165) is 35.0 Å². The van der Waals surface area contributed by atoms with Crippen molar-refractivity contribution in [2.45, 2.75) is 18.3 Å². The van der Waals surface area contributed by atoms with E-state index in [1.807, 2.05) is 31.2 Å². The Kier molecular flexibility index (Phi) is 5.59. The number of amides is 1. The summed E-state index contributed by atoms with van der Waals surface area (Å²) in [6, 6.07) is 12.0. The van der Waals surface area contributed by atoms with Gasteiger partial charge in [0.1, 0.15) is 0 Å². The van der Waals surface area contributed by atoms with Crippen LogP contribution in [0.15, 0.2) is 53.7 Å². The minimum Gasteiger partial charge on any atom is -0.335 e. The first kappa shape index (κ1) is 19.7. The average Bonchev–Trinajstić information content (AvgIpc) is 3.00. The van der Waals surface area contributed by atoms with Crippen molar-refractivity contribution in [3.05, 3.63) is 59.7 Å². The standard InChI is InChI=1S/C18H16F3N5OS/c1-11-5-2-3-8-14(11)16-24-25-17(26(16)22)28-10-15(27)23-13-7-4-6-12(9-13)18(19,20)21/h2-9H,10,22H2,1H3,(H,23,27). The highest BCUT2D eigenvalue weighted by molar-refractivity contribution is 7.99. The molecule has 0 unspecified atom stereocenters. The summed E-state index contributed by atoms with van der Waals surface area (Å²) in [5.41, 5.74) is 1.02. The first-order chi connectivity index (χ1) is 13.3. The largest absolute Gasteiger partial charge is 0.416 e. The molecule has 0 aliphatic heterocycles. The van der Waals surface area contributed by atoms with Gasteiger partial charge in [-0.05, 0) is 30.7 Å². The van der Waals surface area contributed by atoms with Crippen LogP contribution in [0, 0.1) is 6.92 Å². The zero-order chi connectivity index (χ0) is 20.3. The highest BCUT2D eigenvalue weighted by Crippen LogP contribution is 2.30. The molecule has 3 rings (SSSR count). The van der Waals surface area contributed by atoms with Gasteiger partial charge in [0.05, 0.1) is 11.3 Å². The second kappa shape index (κ2) is 7.93. The minimum atomic E-state index is -4.47. The van der Waals surface area contributed by atoms with Crippen molar-refractivity contribution in [1.82, 2.24) is 14.9 Å². The van der Waals surface area contributed by atoms with Gasteiger partial charge in [0, 0.05) is 11.3 Å². The zero-order valence-electron chi connectivity index (χ0n) is 14.7. The van der Waals surface area contributed by atoms with Gasteiger partial charge in [-0.3, -0.25) is 4.79 Å². The van der Waals surface area contributed by atoms with Crippen LogP contribution < -0.4 is 11.2 Å². The van der Waals surface area contributed by atoms with Gasteiger partial charge >= 0.3 is 6.18 Å². The van der Waals surface area contributed by atoms with Crippen LogP contribution in [0.25, 0.3) is 11.4 Å². The molecule has 1 amide bonds. The van der Waals surface area contributed by atoms with Crippen molar-refractivity contribution in [3.8, 4) is 11.4 Å². The van der Waals surface area contributed by atoms with Gasteiger partial charge in [0.15, 0.2) is 5.82 Å². The third kappa shape index (κ3) is 4.45. The smallest absolute Gasteiger partial charge is 0.335 e. The first-order valence-corrected chi connectivity index (χ1v) is 9.10. The summed E-state index contributed by atoms with van der Waals surface area (Å²) < 4.78 is 39.5. The Hall–Kier alpha value is -3.01. The summed E-state index contributed by atoms with van der Waals surface area (Å²) in [7, 11) is 0. The normalized spacial score (nSPS) is 11.4. The Balaban J connectivity index is 1.65. The number of aryl methyl sites for hydroxylation is 1. The molecule has 0 bridgehead atoms. The van der Waals surface area contributed by atoms with E-state index in [4.69, 9.17) is 5.84 Å². The van der Waals surface area contributed by atoms with E-state index in [1.54, 1.807) is 0 Å². The number of benzene rings is 2. The summed E-state index contributed by atoms with van der Waals surface area (Å²) in [6.45, 7) is 1.92. The van der Waals surface area contributed by atoms with Crippen molar-refractivity contribution >= 4 is 23.4 Å². The third-order valence-corrected chi connectivity index (χ3v) is 4.80. The number of hydrogen-bond donors (Lipinski definition) is 2. The number of nitrogens with zero attached hydrogens (tertiary/aromatic N) is 3. The lowest BCUT2D eigenvalue weighted by molar-refractivity contribution is -0.137. The van der Waals surface area contributed by atoms with Crippen molar-refractivity contribution in [2.24, 2.45) is 0 Å². The Bertz CT molecular complexity index is 1000. The fraction of sp³-hybridized carbons (Fsp3) is 0.167. The van der Waals surface area contributed by atoms with Crippen LogP contribution >= 0.6 is 11.8 Å². The van der Waals surface area contributed by atoms with Crippen molar-refractivity contribution in [3.63, 3.8) is 0 Å². The highest BCUT2D eigenvalue weighted by atomic mass is 32.2. The molecule has 0 aliphatic carbocycles. The molecule has 0 saturated heterocycles. The number of rotatable bonds is 5. The molecule has 0 fully saturated rings. The fourth-order valence-electron chi connectivity index (χ4n) is 2.48. The van der Waals surface area contributed by atoms with Crippen molar-refractivity contribution < 1.29 is 18.0 Å². The van der Waals surface area contributed by atoms with E-state index in [1.165, 1.54) is 16.8 Å². The topological polar surface area (TPSA) is 85.8 Å². The molecule has 0 spiro atoms. The number of nitrogens with one attached hydrogen (secondary N) is 1. The summed E-state index contributed by atoms with van der Waals surface area (Å²) in [5, 5.41) is 10.8. The molecule has 0 radical (unpaired) electrons. The molecule has 1 aromatic heterocycles. The third-order valence-electron chi connectivity index (χ3n) is 3.86. The number of aromatic nitrogens is 3. The predicted molar refractivity (Wildman–Crippen MR) is 101 cm³/mol. The molecule has 6 nitrogen and oxygen atoms in total. The zero-order valence-corrected chi connectivity index (χ0v) is 15.5. The SMILES string of the molecule is Cc1ccccc1-c1nnc(SCC(=O)Nc2cccc(C(F)(F)F)c2)n1N. The molecule has 2 aromatic carbocycles. The Morgan fingerprint density at radius 1 is 1.18 bits per heavy atom. The monoisotopic (exact) mass is 407 g/mol. The molecule has 3 aromatic rings. The lowest BCUT2D eigenvalue weighted by Crippen LogP contribution is -2.17. The summed E-state index contributed by atoms with van der Waals surface area (Å²) in [4.78, 5) is 12.1. The number of nitrogens with two attached hydrogens (primary N) is 1. The van der Waals surface area contributed by atoms with Crippen LogP contribution in [0.5, 0.6) is 0 Å². The Labute approximate surface area is 162 Å². The number of carbonyl (C=O) groups is 1. The first-order valence-electron chi connectivity index (χ1n) is 8.12. The predicted octanol–water partition coefficient (Wildman–Crippen LogP) is 3.72. The van der Waals surface area contributed by atoms with Crippen molar-refractivity contribution in [1.29, 1.82) is 0 Å². The summed E-state index contributed by atoms with van der Waals surface area (Å²) in [5.74, 6) is 5.92. The Morgan fingerprint density at radius 3 is 2.64 bits per heavy atom. The summed E-state index contributed by atoms with van der Waals surface area (Å²) in [6.07, 6.45) is -4.47. The van der Waals surface area contributed by atoms with E-state index in [9.17, 15) is 18.0 Å². The van der Waals surface area contributed by atoms with Crippen LogP contribution in [0.1, 0.15) is 11.1 Å². The number of carbonyl (C=O) groups excluding carboxylic acids is 1. The minimum absolute atomic E-state index is 0.0650. The maximum atomic E-state index is 12.7. The van der Waals surface area contributed by atoms with E-state index < -0.39 is 17.6 Å². The van der Waals surface area contributed by atoms with Gasteiger partial charge in [-0.2, -0.15) is 13.2 Å². The molecule has 28 heavy (non-hydrogen) atoms. The number of hydrogen-bond acceptors (Lipinski definition) is 5. The summed E-state index contributed by atoms with van der Waals surface area (Å²) >= 11 is 1.04. The van der Waals surface area contributed by atoms with Gasteiger partial charge in [0.2, 0.25) is 11.1 Å².